The second kappa shape index (κ2) is 3.92. The van der Waals surface area contributed by atoms with Crippen LogP contribution < -0.4 is 0 Å². The number of hydrogen-bond acceptors (Lipinski definition) is 2. The predicted molar refractivity (Wildman–Crippen MR) is 60.4 cm³/mol. The normalized spacial score (nSPS) is 24.1. The van der Waals surface area contributed by atoms with E-state index in [9.17, 15) is 9.90 Å². The van der Waals surface area contributed by atoms with E-state index in [0.717, 1.165) is 36.2 Å². The molecule has 0 saturated carbocycles. The van der Waals surface area contributed by atoms with Crippen LogP contribution in [0.2, 0.25) is 0 Å². The molecule has 1 heterocycles. The van der Waals surface area contributed by atoms with Gasteiger partial charge in [0.2, 0.25) is 0 Å². The van der Waals surface area contributed by atoms with Gasteiger partial charge >= 0.3 is 5.97 Å². The van der Waals surface area contributed by atoms with Gasteiger partial charge in [-0.2, -0.15) is 5.10 Å². The van der Waals surface area contributed by atoms with Gasteiger partial charge in [-0.1, -0.05) is 13.8 Å². The molecule has 0 spiro atoms. The van der Waals surface area contributed by atoms with Crippen molar-refractivity contribution in [3.05, 3.63) is 17.0 Å². The van der Waals surface area contributed by atoms with Gasteiger partial charge in [-0.15, -0.1) is 0 Å². The third-order valence-corrected chi connectivity index (χ3v) is 3.87. The number of nitrogens with zero attached hydrogens (tertiary/aromatic N) is 1. The van der Waals surface area contributed by atoms with Gasteiger partial charge in [0.25, 0.3) is 0 Å². The minimum atomic E-state index is -0.663. The summed E-state index contributed by atoms with van der Waals surface area (Å²) in [5, 5.41) is 16.7. The highest BCUT2D eigenvalue weighted by molar-refractivity contribution is 5.75. The smallest absolute Gasteiger partial charge is 0.309 e. The van der Waals surface area contributed by atoms with E-state index in [1.807, 2.05) is 6.92 Å². The number of H-pyrrole nitrogens is 1. The molecular weight excluding hydrogens is 204 g/mol. The van der Waals surface area contributed by atoms with E-state index in [2.05, 4.69) is 17.1 Å². The molecule has 88 valence electrons. The lowest BCUT2D eigenvalue weighted by Crippen LogP contribution is -2.36. The molecule has 4 nitrogen and oxygen atoms in total. The van der Waals surface area contributed by atoms with Crippen molar-refractivity contribution in [2.75, 3.05) is 0 Å². The third kappa shape index (κ3) is 1.52. The Morgan fingerprint density at radius 2 is 2.31 bits per heavy atom. The molecule has 1 aromatic rings. The number of carboxylic acid groups (broad SMARTS) is 1. The minimum absolute atomic E-state index is 0.569. The van der Waals surface area contributed by atoms with Crippen LogP contribution in [0.25, 0.3) is 0 Å². The monoisotopic (exact) mass is 222 g/mol. The van der Waals surface area contributed by atoms with Crippen molar-refractivity contribution in [1.82, 2.24) is 10.2 Å². The summed E-state index contributed by atoms with van der Waals surface area (Å²) in [6.45, 7) is 4.02. The van der Waals surface area contributed by atoms with Gasteiger partial charge < -0.3 is 5.11 Å². The fraction of sp³-hybridized carbons (Fsp3) is 0.667. The van der Waals surface area contributed by atoms with Crippen molar-refractivity contribution in [2.24, 2.45) is 5.41 Å². The topological polar surface area (TPSA) is 66.0 Å². The highest BCUT2D eigenvalue weighted by Crippen LogP contribution is 2.39. The summed E-state index contributed by atoms with van der Waals surface area (Å²) in [5.74, 6) is -0.663. The Kier molecular flexibility index (Phi) is 2.74. The molecule has 0 aliphatic heterocycles. The molecule has 2 N–H and O–H groups in total. The number of hydrogen-bond donors (Lipinski definition) is 2. The van der Waals surface area contributed by atoms with Crippen molar-refractivity contribution < 1.29 is 9.90 Å². The van der Waals surface area contributed by atoms with Gasteiger partial charge in [-0.3, -0.25) is 9.89 Å². The Balaban J connectivity index is 2.37. The van der Waals surface area contributed by atoms with Crippen LogP contribution in [0, 0.1) is 5.41 Å². The number of aromatic amines is 1. The summed E-state index contributed by atoms with van der Waals surface area (Å²) >= 11 is 0. The van der Waals surface area contributed by atoms with Crippen LogP contribution in [-0.2, 0) is 24.1 Å². The average molecular weight is 222 g/mol. The lowest BCUT2D eigenvalue weighted by Gasteiger charge is -2.32. The number of rotatable bonds is 3. The first-order valence-corrected chi connectivity index (χ1v) is 5.91. The van der Waals surface area contributed by atoms with Crippen LogP contribution >= 0.6 is 0 Å². The molecule has 0 bridgehead atoms. The molecule has 0 amide bonds. The number of carbonyl (C=O) groups is 1. The Labute approximate surface area is 95.1 Å². The van der Waals surface area contributed by atoms with Gasteiger partial charge in [0.1, 0.15) is 0 Å². The maximum absolute atomic E-state index is 11.4. The molecular formula is C12H18N2O2. The van der Waals surface area contributed by atoms with E-state index in [1.165, 1.54) is 0 Å². The van der Waals surface area contributed by atoms with E-state index in [1.54, 1.807) is 0 Å². The average Bonchev–Trinajstić information content (AvgIpc) is 2.70. The number of aromatic nitrogens is 2. The number of aliphatic carboxylic acids is 1. The van der Waals surface area contributed by atoms with Crippen LogP contribution in [0.3, 0.4) is 0 Å². The van der Waals surface area contributed by atoms with E-state index in [4.69, 9.17) is 0 Å². The quantitative estimate of drug-likeness (QED) is 0.821. The fourth-order valence-corrected chi connectivity index (χ4v) is 2.58. The molecule has 0 aromatic carbocycles. The zero-order valence-electron chi connectivity index (χ0n) is 9.84. The van der Waals surface area contributed by atoms with E-state index < -0.39 is 11.4 Å². The number of aryl methyl sites for hydroxylation is 2. The first-order valence-electron chi connectivity index (χ1n) is 5.91. The molecule has 1 aromatic heterocycles. The molecule has 0 radical (unpaired) electrons. The molecule has 0 unspecified atom stereocenters. The van der Waals surface area contributed by atoms with Crippen molar-refractivity contribution in [2.45, 2.75) is 46.0 Å². The lowest BCUT2D eigenvalue weighted by molar-refractivity contribution is -0.150. The summed E-state index contributed by atoms with van der Waals surface area (Å²) in [4.78, 5) is 11.4. The Hall–Kier alpha value is -1.32. The Morgan fingerprint density at radius 3 is 2.88 bits per heavy atom. The van der Waals surface area contributed by atoms with Crippen LogP contribution in [0.4, 0.5) is 0 Å². The molecule has 1 atom stereocenters. The molecule has 1 aliphatic rings. The SMILES string of the molecule is CCc1n[nH]c2c1C[C@](CC)(C(=O)O)CC2. The van der Waals surface area contributed by atoms with Gasteiger partial charge in [0, 0.05) is 5.69 Å². The van der Waals surface area contributed by atoms with Crippen molar-refractivity contribution in [1.29, 1.82) is 0 Å². The fourth-order valence-electron chi connectivity index (χ4n) is 2.58. The van der Waals surface area contributed by atoms with Crippen LogP contribution in [0.15, 0.2) is 0 Å². The van der Waals surface area contributed by atoms with Gasteiger partial charge in [0.05, 0.1) is 11.1 Å². The molecule has 16 heavy (non-hydrogen) atoms. The van der Waals surface area contributed by atoms with Gasteiger partial charge in [0.15, 0.2) is 0 Å². The van der Waals surface area contributed by atoms with Crippen molar-refractivity contribution in [3.63, 3.8) is 0 Å². The predicted octanol–water partition coefficient (Wildman–Crippen LogP) is 1.94. The van der Waals surface area contributed by atoms with Gasteiger partial charge in [-0.05, 0) is 37.7 Å². The summed E-state index contributed by atoms with van der Waals surface area (Å²) in [6, 6.07) is 0. The maximum Gasteiger partial charge on any atom is 0.309 e. The molecule has 4 heteroatoms. The summed E-state index contributed by atoms with van der Waals surface area (Å²) < 4.78 is 0. The first kappa shape index (κ1) is 11.2. The zero-order chi connectivity index (χ0) is 11.8. The Morgan fingerprint density at radius 1 is 1.56 bits per heavy atom. The minimum Gasteiger partial charge on any atom is -0.481 e. The maximum atomic E-state index is 11.4. The number of nitrogens with one attached hydrogen (secondary N) is 1. The van der Waals surface area contributed by atoms with Crippen molar-refractivity contribution >= 4 is 5.97 Å². The van der Waals surface area contributed by atoms with E-state index >= 15 is 0 Å². The second-order valence-corrected chi connectivity index (χ2v) is 4.60. The van der Waals surface area contributed by atoms with Crippen LogP contribution in [0.5, 0.6) is 0 Å². The second-order valence-electron chi connectivity index (χ2n) is 4.60. The summed E-state index contributed by atoms with van der Waals surface area (Å²) in [5.41, 5.74) is 2.76. The molecule has 0 fully saturated rings. The summed E-state index contributed by atoms with van der Waals surface area (Å²) in [7, 11) is 0. The standard InChI is InChI=1S/C12H18N2O2/c1-3-9-8-7-12(4-2,11(15)16)6-5-10(8)14-13-9/h3-7H2,1-2H3,(H,13,14)(H,15,16)/t12-/m1/s1. The number of fused-ring (bicyclic) bond motifs is 1. The zero-order valence-corrected chi connectivity index (χ0v) is 9.84. The molecule has 1 aliphatic carbocycles. The Bertz CT molecular complexity index is 398. The van der Waals surface area contributed by atoms with E-state index in [-0.39, 0.29) is 0 Å². The first-order chi connectivity index (χ1) is 7.63. The van der Waals surface area contributed by atoms with Gasteiger partial charge in [-0.25, -0.2) is 0 Å². The van der Waals surface area contributed by atoms with Crippen LogP contribution in [0.1, 0.15) is 43.6 Å². The summed E-state index contributed by atoms with van der Waals surface area (Å²) in [6.07, 6.45) is 3.72. The molecule has 2 rings (SSSR count). The number of carboxylic acids is 1. The van der Waals surface area contributed by atoms with Crippen LogP contribution in [-0.4, -0.2) is 21.3 Å². The highest BCUT2D eigenvalue weighted by atomic mass is 16.4. The lowest BCUT2D eigenvalue weighted by atomic mass is 9.71. The van der Waals surface area contributed by atoms with Crippen molar-refractivity contribution in [3.8, 4) is 0 Å². The highest BCUT2D eigenvalue weighted by Gasteiger charge is 2.41. The largest absolute Gasteiger partial charge is 0.481 e. The third-order valence-electron chi connectivity index (χ3n) is 3.87. The van der Waals surface area contributed by atoms with E-state index in [0.29, 0.717) is 12.8 Å². The molecule has 0 saturated heterocycles.